The lowest BCUT2D eigenvalue weighted by molar-refractivity contribution is 0.709. The molecule has 1 aliphatic heterocycles. The highest BCUT2D eigenvalue weighted by Crippen LogP contribution is 2.45. The second-order valence-electron chi connectivity index (χ2n) is 9.21. The van der Waals surface area contributed by atoms with Gasteiger partial charge in [0.1, 0.15) is 5.84 Å². The minimum atomic E-state index is -0.0344. The van der Waals surface area contributed by atoms with Crippen LogP contribution in [0.5, 0.6) is 0 Å². The molecular formula is C33H27N5. The number of hydrogen-bond donors (Lipinski definition) is 1. The Hall–Kier alpha value is -5.03. The fourth-order valence-electron chi connectivity index (χ4n) is 5.14. The summed E-state index contributed by atoms with van der Waals surface area (Å²) in [4.78, 5) is 16.3. The molecule has 0 fully saturated rings. The van der Waals surface area contributed by atoms with E-state index < -0.39 is 0 Å². The normalized spacial score (nSPS) is 18.3. The molecule has 0 amide bonds. The lowest BCUT2D eigenvalue weighted by atomic mass is 9.85. The Morgan fingerprint density at radius 1 is 0.789 bits per heavy atom. The molecule has 0 radical (unpaired) electrons. The van der Waals surface area contributed by atoms with Crippen LogP contribution >= 0.6 is 0 Å². The van der Waals surface area contributed by atoms with Crippen LogP contribution in [0.3, 0.4) is 0 Å². The molecule has 2 aliphatic rings. The van der Waals surface area contributed by atoms with Crippen LogP contribution in [-0.4, -0.2) is 21.8 Å². The van der Waals surface area contributed by atoms with E-state index in [0.29, 0.717) is 28.6 Å². The quantitative estimate of drug-likeness (QED) is 0.257. The molecular weight excluding hydrogens is 466 g/mol. The zero-order valence-electron chi connectivity index (χ0n) is 20.9. The fraction of sp³-hybridized carbons (Fsp3) is 0.0606. The van der Waals surface area contributed by atoms with Gasteiger partial charge in [0.15, 0.2) is 0 Å². The first-order valence-corrected chi connectivity index (χ1v) is 12.6. The van der Waals surface area contributed by atoms with E-state index in [1.165, 1.54) is 11.1 Å². The molecule has 4 aromatic rings. The van der Waals surface area contributed by atoms with Crippen LogP contribution in [0.2, 0.25) is 0 Å². The summed E-state index contributed by atoms with van der Waals surface area (Å²) in [7, 11) is 0. The second kappa shape index (κ2) is 10.1. The Kier molecular flexibility index (Phi) is 6.24. The summed E-state index contributed by atoms with van der Waals surface area (Å²) >= 11 is 0. The number of fused-ring (bicyclic) bond motifs is 5. The van der Waals surface area contributed by atoms with E-state index >= 15 is 0 Å². The van der Waals surface area contributed by atoms with Crippen molar-refractivity contribution in [3.63, 3.8) is 0 Å². The van der Waals surface area contributed by atoms with Crippen LogP contribution in [0.15, 0.2) is 139 Å². The van der Waals surface area contributed by atoms with Crippen LogP contribution in [0.1, 0.15) is 22.9 Å². The highest BCUT2D eigenvalue weighted by Gasteiger charge is 2.35. The van der Waals surface area contributed by atoms with Gasteiger partial charge in [-0.05, 0) is 41.5 Å². The molecule has 38 heavy (non-hydrogen) atoms. The highest BCUT2D eigenvalue weighted by atomic mass is 15.2. The zero-order valence-corrected chi connectivity index (χ0v) is 20.9. The number of pyridine rings is 2. The van der Waals surface area contributed by atoms with Gasteiger partial charge < -0.3 is 10.6 Å². The van der Waals surface area contributed by atoms with Crippen molar-refractivity contribution in [3.8, 4) is 11.1 Å². The molecule has 5 nitrogen and oxygen atoms in total. The number of para-hydroxylation sites is 1. The number of nitrogens with two attached hydrogens (primary N) is 1. The van der Waals surface area contributed by atoms with Gasteiger partial charge in [0.05, 0.1) is 34.5 Å². The van der Waals surface area contributed by atoms with Gasteiger partial charge in [-0.2, -0.15) is 0 Å². The fourth-order valence-corrected chi connectivity index (χ4v) is 5.14. The van der Waals surface area contributed by atoms with Gasteiger partial charge >= 0.3 is 0 Å². The number of aromatic nitrogens is 2. The largest absolute Gasteiger partial charge is 0.397 e. The molecule has 2 atom stereocenters. The third kappa shape index (κ3) is 4.35. The van der Waals surface area contributed by atoms with E-state index in [-0.39, 0.29) is 12.0 Å². The SMILES string of the molecule is C=C(/N=C(\C=C(/N)c1ccccn1)N1c2ccccc2-c2ccccc2C2C=CC=CC21)c1ccccn1. The Morgan fingerprint density at radius 3 is 2.21 bits per heavy atom. The summed E-state index contributed by atoms with van der Waals surface area (Å²) in [6.07, 6.45) is 14.1. The summed E-state index contributed by atoms with van der Waals surface area (Å²) in [5.74, 6) is 0.778. The smallest absolute Gasteiger partial charge is 0.136 e. The van der Waals surface area contributed by atoms with Gasteiger partial charge in [-0.1, -0.05) is 85.5 Å². The Bertz CT molecular complexity index is 1600. The minimum Gasteiger partial charge on any atom is -0.397 e. The zero-order chi connectivity index (χ0) is 25.9. The molecule has 2 N–H and O–H groups in total. The minimum absolute atomic E-state index is 0.0344. The monoisotopic (exact) mass is 493 g/mol. The van der Waals surface area contributed by atoms with Crippen LogP contribution in [-0.2, 0) is 0 Å². The van der Waals surface area contributed by atoms with Crippen molar-refractivity contribution in [1.82, 2.24) is 9.97 Å². The topological polar surface area (TPSA) is 67.4 Å². The van der Waals surface area contributed by atoms with Gasteiger partial charge in [-0.3, -0.25) is 9.97 Å². The van der Waals surface area contributed by atoms with E-state index in [2.05, 4.69) is 94.3 Å². The van der Waals surface area contributed by atoms with Crippen molar-refractivity contribution >= 4 is 22.9 Å². The molecule has 0 spiro atoms. The van der Waals surface area contributed by atoms with E-state index in [4.69, 9.17) is 10.7 Å². The van der Waals surface area contributed by atoms with Crippen LogP contribution in [0, 0.1) is 0 Å². The van der Waals surface area contributed by atoms with E-state index in [9.17, 15) is 0 Å². The first kappa shape index (κ1) is 23.4. The summed E-state index contributed by atoms with van der Waals surface area (Å²) in [6, 6.07) is 28.5. The predicted octanol–water partition coefficient (Wildman–Crippen LogP) is 6.61. The van der Waals surface area contributed by atoms with Crippen molar-refractivity contribution in [2.24, 2.45) is 10.7 Å². The van der Waals surface area contributed by atoms with E-state index in [1.807, 2.05) is 42.5 Å². The third-order valence-electron chi connectivity index (χ3n) is 6.88. The number of rotatable bonds is 4. The molecule has 0 saturated carbocycles. The summed E-state index contributed by atoms with van der Waals surface area (Å²) in [5.41, 5.74) is 13.8. The second-order valence-corrected chi connectivity index (χ2v) is 9.21. The van der Waals surface area contributed by atoms with Crippen LogP contribution < -0.4 is 10.6 Å². The molecule has 184 valence electrons. The predicted molar refractivity (Wildman–Crippen MR) is 156 cm³/mol. The average molecular weight is 494 g/mol. The Labute approximate surface area is 222 Å². The van der Waals surface area contributed by atoms with Gasteiger partial charge in [0.2, 0.25) is 0 Å². The number of anilines is 1. The first-order valence-electron chi connectivity index (χ1n) is 12.6. The molecule has 3 heterocycles. The highest BCUT2D eigenvalue weighted by molar-refractivity contribution is 6.13. The summed E-state index contributed by atoms with van der Waals surface area (Å²) in [5, 5.41) is 0. The first-order chi connectivity index (χ1) is 18.7. The van der Waals surface area contributed by atoms with E-state index in [0.717, 1.165) is 11.3 Å². The van der Waals surface area contributed by atoms with Gasteiger partial charge in [-0.25, -0.2) is 4.99 Å². The number of amidine groups is 1. The molecule has 0 bridgehead atoms. The number of allylic oxidation sites excluding steroid dienone is 2. The lowest BCUT2D eigenvalue weighted by Gasteiger charge is -2.36. The summed E-state index contributed by atoms with van der Waals surface area (Å²) in [6.45, 7) is 4.27. The molecule has 5 heteroatoms. The number of aliphatic imine (C=N–C) groups is 1. The lowest BCUT2D eigenvalue weighted by Crippen LogP contribution is -2.42. The standard InChI is InChI=1S/C33H27N5/c1-23(29-16-8-10-20-35-29)37-33(22-28(34)30-17-9-11-21-36-30)38-31-18-6-4-14-26(31)24-12-2-3-13-25(24)27-15-5-7-19-32(27)38/h2-22,26,31H,1,34H2/b28-22-,37-33+. The van der Waals surface area contributed by atoms with Crippen molar-refractivity contribution in [2.75, 3.05) is 4.90 Å². The van der Waals surface area contributed by atoms with Gasteiger partial charge in [0.25, 0.3) is 0 Å². The molecule has 2 aromatic carbocycles. The average Bonchev–Trinajstić information content (AvgIpc) is 3.10. The number of hydrogen-bond acceptors (Lipinski definition) is 4. The maximum Gasteiger partial charge on any atom is 0.136 e. The molecule has 6 rings (SSSR count). The van der Waals surface area contributed by atoms with Gasteiger partial charge in [-0.15, -0.1) is 0 Å². The van der Waals surface area contributed by atoms with Crippen LogP contribution in [0.25, 0.3) is 22.5 Å². The van der Waals surface area contributed by atoms with Crippen molar-refractivity contribution in [2.45, 2.75) is 12.0 Å². The summed E-state index contributed by atoms with van der Waals surface area (Å²) < 4.78 is 0. The van der Waals surface area contributed by atoms with Crippen molar-refractivity contribution in [3.05, 3.63) is 151 Å². The van der Waals surface area contributed by atoms with Crippen molar-refractivity contribution < 1.29 is 0 Å². The Balaban J connectivity index is 1.59. The molecule has 2 unspecified atom stereocenters. The maximum absolute atomic E-state index is 6.64. The van der Waals surface area contributed by atoms with Crippen LogP contribution in [0.4, 0.5) is 5.69 Å². The third-order valence-corrected chi connectivity index (χ3v) is 6.88. The molecule has 2 aromatic heterocycles. The van der Waals surface area contributed by atoms with E-state index in [1.54, 1.807) is 12.4 Å². The van der Waals surface area contributed by atoms with Crippen molar-refractivity contribution in [1.29, 1.82) is 0 Å². The van der Waals surface area contributed by atoms with Gasteiger partial charge in [0, 0.05) is 30.0 Å². The number of benzene rings is 2. The molecule has 0 saturated heterocycles. The molecule has 1 aliphatic carbocycles. The Morgan fingerprint density at radius 2 is 1.45 bits per heavy atom. The number of nitrogens with zero attached hydrogens (tertiary/aromatic N) is 4. The maximum atomic E-state index is 6.64.